The van der Waals surface area contributed by atoms with Gasteiger partial charge in [-0.2, -0.15) is 0 Å². The van der Waals surface area contributed by atoms with E-state index in [0.717, 1.165) is 18.6 Å². The summed E-state index contributed by atoms with van der Waals surface area (Å²) in [5, 5.41) is 7.19. The Morgan fingerprint density at radius 3 is 1.88 bits per heavy atom. The number of hydrogen-bond acceptors (Lipinski definition) is 1. The minimum Gasteiger partial charge on any atom is -1.00 e. The summed E-state index contributed by atoms with van der Waals surface area (Å²) in [6.07, 6.45) is 6.01. The summed E-state index contributed by atoms with van der Waals surface area (Å²) in [5.41, 5.74) is 0.964. The Bertz CT molecular complexity index is 77.1. The molecule has 0 atom stereocenters. The van der Waals surface area contributed by atoms with Crippen molar-refractivity contribution >= 4 is 5.71 Å². The van der Waals surface area contributed by atoms with Crippen molar-refractivity contribution in [2.75, 3.05) is 0 Å². The largest absolute Gasteiger partial charge is 1.00 e. The van der Waals surface area contributed by atoms with Crippen LogP contribution in [-0.4, -0.2) is 5.71 Å². The molecule has 42 valence electrons. The predicted molar refractivity (Wildman–Crippen MR) is 31.9 cm³/mol. The molecule has 0 unspecified atom stereocenters. The first kappa shape index (κ1) is 8.27. The third kappa shape index (κ3) is 2.54. The molecule has 1 aliphatic carbocycles. The molecule has 1 saturated carbocycles. The first-order chi connectivity index (χ1) is 3.39. The Hall–Kier alpha value is 0.267. The standard InChI is InChI=1S/C6H11N.Li.H/c7-6-4-2-1-3-5-6;;/h7H,1-5H2;;/q;+1;-1. The topological polar surface area (TPSA) is 23.9 Å². The van der Waals surface area contributed by atoms with E-state index in [2.05, 4.69) is 0 Å². The van der Waals surface area contributed by atoms with Crippen LogP contribution in [0.1, 0.15) is 33.5 Å². The van der Waals surface area contributed by atoms with Crippen LogP contribution in [0, 0.1) is 5.41 Å². The fourth-order valence-corrected chi connectivity index (χ4v) is 0.979. The molecule has 1 N–H and O–H groups in total. The summed E-state index contributed by atoms with van der Waals surface area (Å²) in [6, 6.07) is 0. The fraction of sp³-hybridized carbons (Fsp3) is 0.833. The summed E-state index contributed by atoms with van der Waals surface area (Å²) in [6.45, 7) is 0. The summed E-state index contributed by atoms with van der Waals surface area (Å²) in [4.78, 5) is 0. The van der Waals surface area contributed by atoms with Crippen LogP contribution in [-0.2, 0) is 0 Å². The van der Waals surface area contributed by atoms with Crippen molar-refractivity contribution in [3.63, 3.8) is 0 Å². The van der Waals surface area contributed by atoms with Gasteiger partial charge in [0, 0.05) is 5.71 Å². The minimum atomic E-state index is 0. The Labute approximate surface area is 64.0 Å². The van der Waals surface area contributed by atoms with E-state index in [9.17, 15) is 0 Å². The van der Waals surface area contributed by atoms with Crippen LogP contribution >= 0.6 is 0 Å². The number of hydrogen-bond donors (Lipinski definition) is 1. The average Bonchev–Trinajstić information content (AvgIpc) is 1.69. The Morgan fingerprint density at radius 2 is 1.62 bits per heavy atom. The van der Waals surface area contributed by atoms with Gasteiger partial charge in [-0.3, -0.25) is 0 Å². The molecule has 0 aromatic carbocycles. The smallest absolute Gasteiger partial charge is 1.00 e. The molecular weight excluding hydrogens is 93.0 g/mol. The van der Waals surface area contributed by atoms with E-state index in [4.69, 9.17) is 5.41 Å². The van der Waals surface area contributed by atoms with Gasteiger partial charge in [-0.05, 0) is 25.7 Å². The van der Waals surface area contributed by atoms with E-state index in [0.29, 0.717) is 0 Å². The number of nitrogens with one attached hydrogen (secondary N) is 1. The van der Waals surface area contributed by atoms with Crippen molar-refractivity contribution in [1.29, 1.82) is 5.41 Å². The zero-order valence-corrected chi connectivity index (χ0v) is 5.54. The van der Waals surface area contributed by atoms with Gasteiger partial charge in [0.1, 0.15) is 0 Å². The molecule has 1 rings (SSSR count). The van der Waals surface area contributed by atoms with Crippen LogP contribution in [0.25, 0.3) is 0 Å². The van der Waals surface area contributed by atoms with E-state index in [1.807, 2.05) is 0 Å². The fourth-order valence-electron chi connectivity index (χ4n) is 0.979. The molecule has 0 bridgehead atoms. The first-order valence-corrected chi connectivity index (χ1v) is 2.96. The van der Waals surface area contributed by atoms with Crippen molar-refractivity contribution in [3.05, 3.63) is 0 Å². The van der Waals surface area contributed by atoms with Crippen LogP contribution in [0.5, 0.6) is 0 Å². The molecule has 0 radical (unpaired) electrons. The molecule has 0 saturated heterocycles. The maximum absolute atomic E-state index is 7.19. The van der Waals surface area contributed by atoms with Gasteiger partial charge in [-0.25, -0.2) is 0 Å². The van der Waals surface area contributed by atoms with Crippen molar-refractivity contribution < 1.29 is 20.3 Å². The second-order valence-corrected chi connectivity index (χ2v) is 2.16. The minimum absolute atomic E-state index is 0. The Morgan fingerprint density at radius 1 is 1.12 bits per heavy atom. The van der Waals surface area contributed by atoms with E-state index in [1.54, 1.807) is 0 Å². The first-order valence-electron chi connectivity index (χ1n) is 2.96. The van der Waals surface area contributed by atoms with Gasteiger partial charge in [0.05, 0.1) is 0 Å². The summed E-state index contributed by atoms with van der Waals surface area (Å²) in [5.74, 6) is 0. The van der Waals surface area contributed by atoms with Gasteiger partial charge in [-0.15, -0.1) is 0 Å². The van der Waals surface area contributed by atoms with Gasteiger partial charge in [0.25, 0.3) is 0 Å². The summed E-state index contributed by atoms with van der Waals surface area (Å²) >= 11 is 0. The average molecular weight is 105 g/mol. The molecular formula is C6H12LiN. The summed E-state index contributed by atoms with van der Waals surface area (Å²) in [7, 11) is 0. The predicted octanol–water partition coefficient (Wildman–Crippen LogP) is -0.913. The number of rotatable bonds is 0. The maximum atomic E-state index is 7.19. The van der Waals surface area contributed by atoms with Crippen molar-refractivity contribution in [3.8, 4) is 0 Å². The molecule has 0 amide bonds. The van der Waals surface area contributed by atoms with Crippen LogP contribution < -0.4 is 18.9 Å². The summed E-state index contributed by atoms with van der Waals surface area (Å²) < 4.78 is 0. The molecule has 0 aliphatic heterocycles. The van der Waals surface area contributed by atoms with Crippen LogP contribution in [0.4, 0.5) is 0 Å². The van der Waals surface area contributed by atoms with Crippen molar-refractivity contribution in [2.45, 2.75) is 32.1 Å². The zero-order chi connectivity index (χ0) is 5.11. The van der Waals surface area contributed by atoms with Gasteiger partial charge < -0.3 is 6.84 Å². The van der Waals surface area contributed by atoms with Gasteiger partial charge in [-0.1, -0.05) is 6.42 Å². The van der Waals surface area contributed by atoms with Gasteiger partial charge in [0.2, 0.25) is 0 Å². The van der Waals surface area contributed by atoms with Crippen LogP contribution in [0.2, 0.25) is 0 Å². The van der Waals surface area contributed by atoms with E-state index in [1.165, 1.54) is 19.3 Å². The molecule has 2 heteroatoms. The molecule has 1 fully saturated rings. The molecule has 0 spiro atoms. The molecule has 0 aromatic heterocycles. The van der Waals surface area contributed by atoms with Crippen molar-refractivity contribution in [2.24, 2.45) is 0 Å². The monoisotopic (exact) mass is 105 g/mol. The second kappa shape index (κ2) is 4.18. The Balaban J connectivity index is 0. The molecule has 0 heterocycles. The van der Waals surface area contributed by atoms with Crippen LogP contribution in [0.15, 0.2) is 0 Å². The second-order valence-electron chi connectivity index (χ2n) is 2.16. The normalized spacial score (nSPS) is 19.8. The quantitative estimate of drug-likeness (QED) is 0.385. The third-order valence-corrected chi connectivity index (χ3v) is 1.46. The van der Waals surface area contributed by atoms with Gasteiger partial charge in [0.15, 0.2) is 0 Å². The van der Waals surface area contributed by atoms with E-state index < -0.39 is 0 Å². The van der Waals surface area contributed by atoms with E-state index >= 15 is 0 Å². The third-order valence-electron chi connectivity index (χ3n) is 1.46. The van der Waals surface area contributed by atoms with Crippen LogP contribution in [0.3, 0.4) is 0 Å². The van der Waals surface area contributed by atoms with Crippen molar-refractivity contribution in [1.82, 2.24) is 0 Å². The zero-order valence-electron chi connectivity index (χ0n) is 6.54. The molecule has 8 heavy (non-hydrogen) atoms. The van der Waals surface area contributed by atoms with Gasteiger partial charge >= 0.3 is 18.9 Å². The van der Waals surface area contributed by atoms with E-state index in [-0.39, 0.29) is 20.3 Å². The SMILES string of the molecule is N=C1CCCCC1.[H-].[Li+]. The molecule has 1 aliphatic rings. The maximum Gasteiger partial charge on any atom is 1.00 e. The molecule has 0 aromatic rings. The Kier molecular flexibility index (Phi) is 4.32. The molecule has 1 nitrogen and oxygen atoms in total.